The maximum Gasteiger partial charge on any atom is 0.253 e. The van der Waals surface area contributed by atoms with Gasteiger partial charge >= 0.3 is 0 Å². The summed E-state index contributed by atoms with van der Waals surface area (Å²) in [7, 11) is 0. The van der Waals surface area contributed by atoms with Crippen molar-refractivity contribution >= 4 is 23.6 Å². The maximum absolute atomic E-state index is 15.1. The second-order valence-corrected chi connectivity index (χ2v) is 12.9. The largest absolute Gasteiger partial charge is 0.384 e. The van der Waals surface area contributed by atoms with Gasteiger partial charge in [-0.25, -0.2) is 18.2 Å². The molecule has 4 atom stereocenters. The second-order valence-electron chi connectivity index (χ2n) is 12.9. The normalized spacial score (nSPS) is 19.0. The van der Waals surface area contributed by atoms with Gasteiger partial charge in [0, 0.05) is 69.1 Å². The number of hydrogen-bond donors (Lipinski definition) is 3. The average Bonchev–Trinajstić information content (AvgIpc) is 3.76. The number of carbonyl (C=O) groups excluding carboxylic acids is 4. The molecule has 5 rings (SSSR count). The van der Waals surface area contributed by atoms with Gasteiger partial charge in [0.15, 0.2) is 0 Å². The van der Waals surface area contributed by atoms with E-state index in [0.29, 0.717) is 0 Å². The van der Waals surface area contributed by atoms with Crippen LogP contribution in [0, 0.1) is 23.0 Å². The van der Waals surface area contributed by atoms with Gasteiger partial charge in [0.05, 0.1) is 11.1 Å². The van der Waals surface area contributed by atoms with Crippen molar-refractivity contribution in [3.05, 3.63) is 89.9 Å². The zero-order valence-corrected chi connectivity index (χ0v) is 27.4. The van der Waals surface area contributed by atoms with Crippen molar-refractivity contribution in [1.29, 1.82) is 0 Å². The van der Waals surface area contributed by atoms with Gasteiger partial charge in [0.2, 0.25) is 5.91 Å². The van der Waals surface area contributed by atoms with Crippen molar-refractivity contribution in [3.8, 4) is 11.3 Å². The molecule has 3 aromatic rings. The topological polar surface area (TPSA) is 137 Å². The summed E-state index contributed by atoms with van der Waals surface area (Å²) in [4.78, 5) is 59.1. The van der Waals surface area contributed by atoms with Crippen LogP contribution in [0.25, 0.3) is 11.3 Å². The monoisotopic (exact) mass is 680 g/mol. The summed E-state index contributed by atoms with van der Waals surface area (Å²) in [6.45, 7) is 4.36. The number of alkyl halides is 1. The van der Waals surface area contributed by atoms with Gasteiger partial charge < -0.3 is 25.2 Å². The number of imidazole rings is 1. The Labute approximate surface area is 281 Å². The van der Waals surface area contributed by atoms with Crippen molar-refractivity contribution in [2.24, 2.45) is 11.3 Å². The van der Waals surface area contributed by atoms with Crippen molar-refractivity contribution < 1.29 is 37.5 Å². The van der Waals surface area contributed by atoms with Crippen LogP contribution >= 0.6 is 0 Å². The van der Waals surface area contributed by atoms with Gasteiger partial charge in [0.25, 0.3) is 17.7 Å². The molecule has 2 aliphatic heterocycles. The number of aromatic nitrogens is 2. The van der Waals surface area contributed by atoms with Crippen molar-refractivity contribution in [2.75, 3.05) is 32.7 Å². The van der Waals surface area contributed by atoms with Crippen LogP contribution in [0.15, 0.2) is 66.9 Å². The average molecular weight is 681 g/mol. The van der Waals surface area contributed by atoms with Crippen molar-refractivity contribution in [3.63, 3.8) is 0 Å². The van der Waals surface area contributed by atoms with E-state index in [9.17, 15) is 28.7 Å². The highest BCUT2D eigenvalue weighted by Gasteiger charge is 2.48. The highest BCUT2D eigenvalue weighted by molar-refractivity contribution is 6.12. The van der Waals surface area contributed by atoms with Gasteiger partial charge in [-0.3, -0.25) is 24.1 Å². The molecule has 1 fully saturated rings. The molecule has 260 valence electrons. The smallest absolute Gasteiger partial charge is 0.253 e. The minimum Gasteiger partial charge on any atom is -0.384 e. The standard InChI is InChI=1S/C35H39F3N6O5/c1-21(45)33(48)44(19-23-16-39-17-27(23)38)31(35(2,3)34(49)40-13-14-43-29(46)11-12-30(43)47)32-41-28(25-15-24(36)9-10-26(25)37)20-42(32)18-22-7-5-4-6-8-22/h4-12,15,20-21,23,27,31,39,45H,13-14,16-19H2,1-3H3,(H,40,49). The molecule has 11 nitrogen and oxygen atoms in total. The first-order valence-electron chi connectivity index (χ1n) is 16.0. The van der Waals surface area contributed by atoms with E-state index < -0.39 is 64.9 Å². The van der Waals surface area contributed by atoms with E-state index >= 15 is 8.78 Å². The number of benzene rings is 2. The van der Waals surface area contributed by atoms with Crippen LogP contribution in [-0.4, -0.2) is 93.1 Å². The Hall–Kier alpha value is -4.82. The molecular formula is C35H39F3N6O5. The fourth-order valence-electron chi connectivity index (χ4n) is 6.21. The number of aliphatic hydroxyl groups is 1. The SMILES string of the molecule is CC(O)C(=O)N(CC1CNCC1F)C(c1nc(-c2cc(F)ccc2F)cn1Cc1ccccc1)C(C)(C)C(=O)NCCN1C(=O)C=CC1=O. The Morgan fingerprint density at radius 1 is 1.10 bits per heavy atom. The van der Waals surface area contributed by atoms with Crippen LogP contribution in [-0.2, 0) is 25.7 Å². The fourth-order valence-corrected chi connectivity index (χ4v) is 6.21. The van der Waals surface area contributed by atoms with E-state index in [0.717, 1.165) is 40.8 Å². The molecule has 3 heterocycles. The fraction of sp³-hybridized carbons (Fsp3) is 0.400. The number of nitrogens with one attached hydrogen (secondary N) is 2. The number of halogens is 3. The molecule has 0 spiro atoms. The van der Waals surface area contributed by atoms with Gasteiger partial charge in [-0.1, -0.05) is 30.3 Å². The summed E-state index contributed by atoms with van der Waals surface area (Å²) in [6, 6.07) is 10.8. The molecule has 14 heteroatoms. The van der Waals surface area contributed by atoms with E-state index in [1.54, 1.807) is 18.4 Å². The molecule has 2 aliphatic rings. The molecule has 49 heavy (non-hydrogen) atoms. The highest BCUT2D eigenvalue weighted by atomic mass is 19.1. The van der Waals surface area contributed by atoms with Crippen LogP contribution in [0.4, 0.5) is 13.2 Å². The quantitative estimate of drug-likeness (QED) is 0.236. The lowest BCUT2D eigenvalue weighted by Gasteiger charge is -2.42. The first kappa shape index (κ1) is 35.5. The molecule has 3 N–H and O–H groups in total. The van der Waals surface area contributed by atoms with Crippen LogP contribution in [0.3, 0.4) is 0 Å². The zero-order chi connectivity index (χ0) is 35.5. The van der Waals surface area contributed by atoms with Crippen LogP contribution in [0.1, 0.15) is 38.2 Å². The van der Waals surface area contributed by atoms with Gasteiger partial charge in [-0.2, -0.15) is 0 Å². The third kappa shape index (κ3) is 7.75. The van der Waals surface area contributed by atoms with Gasteiger partial charge in [-0.05, 0) is 44.5 Å². The zero-order valence-electron chi connectivity index (χ0n) is 27.4. The molecule has 1 saturated heterocycles. The number of hydrogen-bond acceptors (Lipinski definition) is 7. The van der Waals surface area contributed by atoms with E-state index in [2.05, 4.69) is 10.6 Å². The molecule has 2 aromatic carbocycles. The summed E-state index contributed by atoms with van der Waals surface area (Å²) < 4.78 is 46.2. The Morgan fingerprint density at radius 2 is 1.80 bits per heavy atom. The van der Waals surface area contributed by atoms with E-state index in [1.807, 2.05) is 30.3 Å². The summed E-state index contributed by atoms with van der Waals surface area (Å²) in [5.74, 6) is -4.48. The molecule has 4 unspecified atom stereocenters. The number of imide groups is 1. The Balaban J connectivity index is 1.63. The Bertz CT molecular complexity index is 1730. The lowest BCUT2D eigenvalue weighted by atomic mass is 9.80. The Morgan fingerprint density at radius 3 is 2.43 bits per heavy atom. The highest BCUT2D eigenvalue weighted by Crippen LogP contribution is 2.41. The van der Waals surface area contributed by atoms with Crippen LogP contribution in [0.5, 0.6) is 0 Å². The second kappa shape index (κ2) is 14.7. The first-order chi connectivity index (χ1) is 23.3. The number of amides is 4. The molecule has 1 aromatic heterocycles. The number of aliphatic hydroxyl groups excluding tert-OH is 1. The van der Waals surface area contributed by atoms with E-state index in [-0.39, 0.29) is 56.4 Å². The summed E-state index contributed by atoms with van der Waals surface area (Å²) in [6.07, 6.45) is 0.883. The summed E-state index contributed by atoms with van der Waals surface area (Å²) >= 11 is 0. The van der Waals surface area contributed by atoms with Crippen molar-refractivity contribution in [2.45, 2.75) is 45.6 Å². The molecule has 0 aliphatic carbocycles. The third-order valence-corrected chi connectivity index (χ3v) is 8.88. The molecule has 0 saturated carbocycles. The summed E-state index contributed by atoms with van der Waals surface area (Å²) in [5.41, 5.74) is -0.908. The van der Waals surface area contributed by atoms with Crippen LogP contribution < -0.4 is 10.6 Å². The number of carbonyl (C=O) groups is 4. The molecule has 0 bridgehead atoms. The van der Waals surface area contributed by atoms with Crippen LogP contribution in [0.2, 0.25) is 0 Å². The predicted molar refractivity (Wildman–Crippen MR) is 173 cm³/mol. The molecule has 0 radical (unpaired) electrons. The summed E-state index contributed by atoms with van der Waals surface area (Å²) in [5, 5.41) is 16.3. The number of nitrogens with zero attached hydrogens (tertiary/aromatic N) is 4. The van der Waals surface area contributed by atoms with E-state index in [1.165, 1.54) is 18.0 Å². The van der Waals surface area contributed by atoms with Gasteiger partial charge in [-0.15, -0.1) is 0 Å². The third-order valence-electron chi connectivity index (χ3n) is 8.88. The lowest BCUT2D eigenvalue weighted by Crippen LogP contribution is -2.54. The first-order valence-corrected chi connectivity index (χ1v) is 16.0. The molecular weight excluding hydrogens is 641 g/mol. The van der Waals surface area contributed by atoms with E-state index in [4.69, 9.17) is 4.98 Å². The van der Waals surface area contributed by atoms with Crippen molar-refractivity contribution in [1.82, 2.24) is 30.0 Å². The minimum atomic E-state index is -1.57. The Kier molecular flexibility index (Phi) is 10.7. The minimum absolute atomic E-state index is 0.0260. The lowest BCUT2D eigenvalue weighted by molar-refractivity contribution is -0.150. The maximum atomic E-state index is 15.1. The molecule has 4 amide bonds. The van der Waals surface area contributed by atoms with Gasteiger partial charge in [0.1, 0.15) is 35.8 Å². The number of rotatable bonds is 13. The predicted octanol–water partition coefficient (Wildman–Crippen LogP) is 2.75.